The maximum atomic E-state index is 3.95. The van der Waals surface area contributed by atoms with Gasteiger partial charge in [0.25, 0.3) is 0 Å². The Morgan fingerprint density at radius 2 is 1.27 bits per heavy atom. The van der Waals surface area contributed by atoms with E-state index in [-0.39, 0.29) is 0 Å². The van der Waals surface area contributed by atoms with E-state index in [0.29, 0.717) is 0 Å². The summed E-state index contributed by atoms with van der Waals surface area (Å²) in [7, 11) is 0. The number of hydrogen-bond acceptors (Lipinski definition) is 0. The van der Waals surface area contributed by atoms with Crippen LogP contribution < -0.4 is 0 Å². The normalized spacial score (nSPS) is 11.0. The van der Waals surface area contributed by atoms with E-state index in [1.165, 1.54) is 43.0 Å². The zero-order valence-electron chi connectivity index (χ0n) is 10.3. The van der Waals surface area contributed by atoms with Gasteiger partial charge in [0.1, 0.15) is 0 Å². The molecule has 0 fully saturated rings. The van der Waals surface area contributed by atoms with Crippen LogP contribution in [0.4, 0.5) is 0 Å². The van der Waals surface area contributed by atoms with E-state index in [9.17, 15) is 0 Å². The van der Waals surface area contributed by atoms with Crippen molar-refractivity contribution >= 4 is 18.4 Å². The number of rotatable bonds is 10. The fourth-order valence-electron chi connectivity index (χ4n) is 1.77. The molecule has 0 saturated carbocycles. The van der Waals surface area contributed by atoms with Gasteiger partial charge < -0.3 is 0 Å². The first-order valence-electron chi connectivity index (χ1n) is 6.15. The summed E-state index contributed by atoms with van der Waals surface area (Å²) in [5.41, 5.74) is 0. The van der Waals surface area contributed by atoms with Gasteiger partial charge in [-0.1, -0.05) is 0 Å². The molecular weight excluding hydrogens is 287 g/mol. The Kier molecular flexibility index (Phi) is 9.27. The summed E-state index contributed by atoms with van der Waals surface area (Å²) in [6.45, 7) is 14.1. The minimum atomic E-state index is -2.24. The van der Waals surface area contributed by atoms with Gasteiger partial charge in [-0.05, 0) is 0 Å². The van der Waals surface area contributed by atoms with Crippen molar-refractivity contribution in [3.05, 3.63) is 32.0 Å². The molecule has 15 heavy (non-hydrogen) atoms. The van der Waals surface area contributed by atoms with Gasteiger partial charge in [0.15, 0.2) is 0 Å². The Morgan fingerprint density at radius 3 is 1.73 bits per heavy atom. The molecule has 1 heteroatoms. The van der Waals surface area contributed by atoms with Crippen molar-refractivity contribution in [1.82, 2.24) is 0 Å². The summed E-state index contributed by atoms with van der Waals surface area (Å²) >= 11 is -2.24. The van der Waals surface area contributed by atoms with Crippen molar-refractivity contribution in [1.29, 1.82) is 0 Å². The van der Waals surface area contributed by atoms with Gasteiger partial charge in [-0.15, -0.1) is 0 Å². The van der Waals surface area contributed by atoms with E-state index in [1.807, 2.05) is 0 Å². The summed E-state index contributed by atoms with van der Waals surface area (Å²) < 4.78 is 7.82. The third-order valence-electron chi connectivity index (χ3n) is 3.10. The van der Waals surface area contributed by atoms with Crippen LogP contribution in [-0.4, -0.2) is 18.4 Å². The molecule has 0 nitrogen and oxygen atoms in total. The molecular formula is C14H26Sn. The number of unbranched alkanes of at least 4 members (excludes halogenated alkanes) is 5. The van der Waals surface area contributed by atoms with E-state index in [0.717, 1.165) is 0 Å². The van der Waals surface area contributed by atoms with Crippen LogP contribution in [0, 0.1) is 0 Å². The zero-order chi connectivity index (χ0) is 11.6. The Morgan fingerprint density at radius 1 is 0.800 bits per heavy atom. The molecule has 0 heterocycles. The van der Waals surface area contributed by atoms with Crippen LogP contribution in [0.15, 0.2) is 32.0 Å². The van der Waals surface area contributed by atoms with Gasteiger partial charge in [0.05, 0.1) is 0 Å². The van der Waals surface area contributed by atoms with Gasteiger partial charge in [-0.2, -0.15) is 0 Å². The summed E-state index contributed by atoms with van der Waals surface area (Å²) in [5, 5.41) is 0. The van der Waals surface area contributed by atoms with Gasteiger partial charge >= 0.3 is 100 Å². The van der Waals surface area contributed by atoms with Gasteiger partial charge in [-0.3, -0.25) is 0 Å². The van der Waals surface area contributed by atoms with Crippen molar-refractivity contribution in [2.24, 2.45) is 0 Å². The third kappa shape index (κ3) is 6.24. The molecule has 0 aliphatic carbocycles. The first kappa shape index (κ1) is 15.0. The van der Waals surface area contributed by atoms with E-state index in [1.54, 1.807) is 0 Å². The predicted molar refractivity (Wildman–Crippen MR) is 74.5 cm³/mol. The fourth-order valence-corrected chi connectivity index (χ4v) is 7.40. The first-order chi connectivity index (χ1) is 7.24. The van der Waals surface area contributed by atoms with Crippen LogP contribution in [0.2, 0.25) is 4.44 Å². The molecule has 0 unspecified atom stereocenters. The van der Waals surface area contributed by atoms with Crippen LogP contribution in [0.25, 0.3) is 0 Å². The van der Waals surface area contributed by atoms with E-state index < -0.39 is 18.4 Å². The Hall–Kier alpha value is 0.0187. The second-order valence-electron chi connectivity index (χ2n) is 4.24. The molecule has 0 radical (unpaired) electrons. The first-order valence-corrected chi connectivity index (χ1v) is 13.1. The molecule has 0 aromatic heterocycles. The number of hydrogen-bond donors (Lipinski definition) is 0. The monoisotopic (exact) mass is 314 g/mol. The van der Waals surface area contributed by atoms with Crippen molar-refractivity contribution in [3.63, 3.8) is 0 Å². The Bertz CT molecular complexity index is 172. The molecule has 0 N–H and O–H groups in total. The van der Waals surface area contributed by atoms with Crippen LogP contribution in [-0.2, 0) is 0 Å². The third-order valence-corrected chi connectivity index (χ3v) is 13.1. The molecule has 0 spiro atoms. The molecule has 0 atom stereocenters. The Labute approximate surface area is 100 Å². The molecule has 0 aliphatic rings. The molecule has 0 rings (SSSR count). The molecule has 0 saturated heterocycles. The summed E-state index contributed by atoms with van der Waals surface area (Å²) in [5.74, 6) is 0. The second kappa shape index (κ2) is 9.26. The SMILES string of the molecule is C=[CH][Sn]([CH]=C)([CH]=C)[CH2]CCCCCCC. The topological polar surface area (TPSA) is 0 Å². The van der Waals surface area contributed by atoms with Gasteiger partial charge in [0.2, 0.25) is 0 Å². The fraction of sp³-hybridized carbons (Fsp3) is 0.571. The molecule has 0 aliphatic heterocycles. The van der Waals surface area contributed by atoms with Crippen LogP contribution >= 0.6 is 0 Å². The summed E-state index contributed by atoms with van der Waals surface area (Å²) in [4.78, 5) is 0. The average molecular weight is 313 g/mol. The Balaban J connectivity index is 3.67. The quantitative estimate of drug-likeness (QED) is 0.394. The van der Waals surface area contributed by atoms with E-state index in [4.69, 9.17) is 0 Å². The maximum absolute atomic E-state index is 3.95. The van der Waals surface area contributed by atoms with E-state index >= 15 is 0 Å². The standard InChI is InChI=1S/C8H17.3C2H3.Sn/c1-3-5-7-8-6-4-2;3*1-2;/h1,3-8H2,2H3;3*1H,2H2;. The average Bonchev–Trinajstić information content (AvgIpc) is 2.29. The minimum absolute atomic E-state index is 1.32. The molecule has 0 amide bonds. The van der Waals surface area contributed by atoms with Crippen molar-refractivity contribution in [2.75, 3.05) is 0 Å². The molecule has 0 aromatic rings. The van der Waals surface area contributed by atoms with E-state index in [2.05, 4.69) is 38.9 Å². The summed E-state index contributed by atoms with van der Waals surface area (Å²) in [6.07, 6.45) is 8.21. The van der Waals surface area contributed by atoms with Crippen LogP contribution in [0.5, 0.6) is 0 Å². The predicted octanol–water partition coefficient (Wildman–Crippen LogP) is 4.97. The molecule has 0 bridgehead atoms. The van der Waals surface area contributed by atoms with Crippen LogP contribution in [0.3, 0.4) is 0 Å². The molecule has 0 aromatic carbocycles. The second-order valence-corrected chi connectivity index (χ2v) is 15.5. The molecule has 86 valence electrons. The van der Waals surface area contributed by atoms with Gasteiger partial charge in [0, 0.05) is 0 Å². The summed E-state index contributed by atoms with van der Waals surface area (Å²) in [6, 6.07) is 0. The zero-order valence-corrected chi connectivity index (χ0v) is 13.2. The van der Waals surface area contributed by atoms with Gasteiger partial charge in [-0.25, -0.2) is 0 Å². The van der Waals surface area contributed by atoms with Crippen molar-refractivity contribution in [2.45, 2.75) is 49.9 Å². The van der Waals surface area contributed by atoms with Crippen molar-refractivity contribution < 1.29 is 0 Å². The van der Waals surface area contributed by atoms with Crippen molar-refractivity contribution in [3.8, 4) is 0 Å². The van der Waals surface area contributed by atoms with Crippen LogP contribution in [0.1, 0.15) is 45.4 Å².